The molecule has 4 rings (SSSR count). The molecule has 0 atom stereocenters. The van der Waals surface area contributed by atoms with Crippen molar-refractivity contribution in [1.82, 2.24) is 4.90 Å². The van der Waals surface area contributed by atoms with E-state index in [1.807, 2.05) is 18.7 Å². The first-order chi connectivity index (χ1) is 16.6. The predicted octanol–water partition coefficient (Wildman–Crippen LogP) is 6.41. The molecule has 1 aliphatic heterocycles. The van der Waals surface area contributed by atoms with Gasteiger partial charge in [0.15, 0.2) is 0 Å². The van der Waals surface area contributed by atoms with Crippen LogP contribution in [0.25, 0.3) is 0 Å². The summed E-state index contributed by atoms with van der Waals surface area (Å²) in [5.41, 5.74) is 3.94. The third-order valence-corrected chi connectivity index (χ3v) is 6.09. The molecule has 0 radical (unpaired) electrons. The zero-order chi connectivity index (χ0) is 25.2. The number of hydrogen-bond donors (Lipinski definition) is 1. The fourth-order valence-corrected chi connectivity index (χ4v) is 4.08. The third-order valence-electron chi connectivity index (χ3n) is 6.09. The molecule has 0 unspecified atom stereocenters. The molecule has 0 aromatic heterocycles. The van der Waals surface area contributed by atoms with Gasteiger partial charge in [-0.2, -0.15) is 13.2 Å². The highest BCUT2D eigenvalue weighted by atomic mass is 19.4. The summed E-state index contributed by atoms with van der Waals surface area (Å²) in [7, 11) is 0. The topological polar surface area (TPSA) is 52.6 Å². The Morgan fingerprint density at radius 1 is 0.943 bits per heavy atom. The fourth-order valence-electron chi connectivity index (χ4n) is 4.08. The largest absolute Gasteiger partial charge is 0.416 e. The van der Waals surface area contributed by atoms with Gasteiger partial charge in [0.05, 0.1) is 5.56 Å². The molecule has 0 spiro atoms. The van der Waals surface area contributed by atoms with Crippen LogP contribution in [-0.4, -0.2) is 29.9 Å². The maximum absolute atomic E-state index is 13.2. The van der Waals surface area contributed by atoms with E-state index in [4.69, 9.17) is 0 Å². The normalized spacial score (nSPS) is 14.3. The van der Waals surface area contributed by atoms with Crippen LogP contribution >= 0.6 is 0 Å². The summed E-state index contributed by atoms with van der Waals surface area (Å²) in [5, 5.41) is 2.68. The van der Waals surface area contributed by atoms with Gasteiger partial charge in [-0.25, -0.2) is 4.79 Å². The Bertz CT molecular complexity index is 1220. The molecule has 3 amide bonds. The van der Waals surface area contributed by atoms with E-state index < -0.39 is 17.6 Å². The van der Waals surface area contributed by atoms with Gasteiger partial charge in [-0.3, -0.25) is 9.69 Å². The van der Waals surface area contributed by atoms with E-state index in [-0.39, 0.29) is 11.6 Å². The second kappa shape index (κ2) is 9.82. The number of urea groups is 1. The van der Waals surface area contributed by atoms with Crippen molar-refractivity contribution in [2.24, 2.45) is 0 Å². The Balaban J connectivity index is 1.41. The monoisotopic (exact) mass is 481 g/mol. The van der Waals surface area contributed by atoms with Crippen LogP contribution < -0.4 is 10.2 Å². The van der Waals surface area contributed by atoms with E-state index >= 15 is 0 Å². The summed E-state index contributed by atoms with van der Waals surface area (Å²) < 4.78 is 38.2. The number of halogens is 3. The van der Waals surface area contributed by atoms with Crippen LogP contribution in [0.1, 0.15) is 39.0 Å². The van der Waals surface area contributed by atoms with Gasteiger partial charge in [0, 0.05) is 36.6 Å². The standard InChI is InChI=1S/C27H26F3N3O2/c1-18-4-5-19(2)21(16-18)17-32-14-3-15-33(26(32)35)24-12-10-23(11-13-24)31-25(34)20-6-8-22(9-7-20)27(28,29)30/h4-13,16H,3,14-15,17H2,1-2H3,(H,31,34). The second-order valence-corrected chi connectivity index (χ2v) is 8.72. The lowest BCUT2D eigenvalue weighted by atomic mass is 10.0. The minimum Gasteiger partial charge on any atom is -0.322 e. The minimum absolute atomic E-state index is 0.0707. The van der Waals surface area contributed by atoms with E-state index in [1.165, 1.54) is 0 Å². The van der Waals surface area contributed by atoms with Crippen molar-refractivity contribution in [3.8, 4) is 0 Å². The number of anilines is 2. The van der Waals surface area contributed by atoms with Gasteiger partial charge in [-0.15, -0.1) is 0 Å². The van der Waals surface area contributed by atoms with Crippen LogP contribution in [-0.2, 0) is 12.7 Å². The van der Waals surface area contributed by atoms with Crippen LogP contribution in [0.4, 0.5) is 29.3 Å². The van der Waals surface area contributed by atoms with Crippen molar-refractivity contribution in [1.29, 1.82) is 0 Å². The first-order valence-electron chi connectivity index (χ1n) is 11.3. The number of rotatable bonds is 5. The number of nitrogens with zero attached hydrogens (tertiary/aromatic N) is 2. The molecule has 1 saturated heterocycles. The Labute approximate surface area is 202 Å². The Hall–Kier alpha value is -3.81. The van der Waals surface area contributed by atoms with Gasteiger partial charge in [0.2, 0.25) is 0 Å². The molecule has 5 nitrogen and oxygen atoms in total. The van der Waals surface area contributed by atoms with Crippen molar-refractivity contribution < 1.29 is 22.8 Å². The average Bonchev–Trinajstić information content (AvgIpc) is 2.83. The number of nitrogens with one attached hydrogen (secondary N) is 1. The molecule has 1 heterocycles. The molecule has 182 valence electrons. The summed E-state index contributed by atoms with van der Waals surface area (Å²) in [4.78, 5) is 29.1. The lowest BCUT2D eigenvalue weighted by Crippen LogP contribution is -2.49. The Kier molecular flexibility index (Phi) is 6.82. The van der Waals surface area contributed by atoms with Crippen LogP contribution in [0.15, 0.2) is 66.7 Å². The summed E-state index contributed by atoms with van der Waals surface area (Å²) >= 11 is 0. The molecule has 0 aliphatic carbocycles. The zero-order valence-corrected chi connectivity index (χ0v) is 19.5. The van der Waals surface area contributed by atoms with Gasteiger partial charge in [-0.1, -0.05) is 23.8 Å². The molecule has 1 fully saturated rings. The van der Waals surface area contributed by atoms with Gasteiger partial charge in [0.1, 0.15) is 0 Å². The summed E-state index contributed by atoms with van der Waals surface area (Å²) in [6, 6.07) is 17.1. The van der Waals surface area contributed by atoms with Crippen molar-refractivity contribution in [3.63, 3.8) is 0 Å². The third kappa shape index (κ3) is 5.65. The van der Waals surface area contributed by atoms with Gasteiger partial charge in [-0.05, 0) is 79.9 Å². The van der Waals surface area contributed by atoms with Crippen LogP contribution in [0.2, 0.25) is 0 Å². The Morgan fingerprint density at radius 3 is 2.29 bits per heavy atom. The number of alkyl halides is 3. The van der Waals surface area contributed by atoms with Crippen molar-refractivity contribution in [2.75, 3.05) is 23.3 Å². The maximum atomic E-state index is 13.2. The van der Waals surface area contributed by atoms with Crippen LogP contribution in [0.3, 0.4) is 0 Å². The number of carbonyl (C=O) groups excluding carboxylic acids is 2. The zero-order valence-electron chi connectivity index (χ0n) is 19.5. The molecule has 1 aliphatic rings. The minimum atomic E-state index is -4.45. The quantitative estimate of drug-likeness (QED) is 0.458. The molecule has 35 heavy (non-hydrogen) atoms. The fraction of sp³-hybridized carbons (Fsp3) is 0.259. The van der Waals surface area contributed by atoms with Gasteiger partial charge in [0.25, 0.3) is 5.91 Å². The summed E-state index contributed by atoms with van der Waals surface area (Å²) in [6.45, 7) is 5.90. The molecular formula is C27H26F3N3O2. The number of amides is 3. The highest BCUT2D eigenvalue weighted by Crippen LogP contribution is 2.29. The highest BCUT2D eigenvalue weighted by Gasteiger charge is 2.30. The van der Waals surface area contributed by atoms with Crippen molar-refractivity contribution >= 4 is 23.3 Å². The SMILES string of the molecule is Cc1ccc(C)c(CN2CCCN(c3ccc(NC(=O)c4ccc(C(F)(F)F)cc4)cc3)C2=O)c1. The van der Waals surface area contributed by atoms with Crippen LogP contribution in [0.5, 0.6) is 0 Å². The first kappa shape index (κ1) is 24.3. The molecule has 0 saturated carbocycles. The van der Waals surface area contributed by atoms with Crippen LogP contribution in [0, 0.1) is 13.8 Å². The lowest BCUT2D eigenvalue weighted by Gasteiger charge is -2.36. The average molecular weight is 482 g/mol. The highest BCUT2D eigenvalue weighted by molar-refractivity contribution is 6.04. The second-order valence-electron chi connectivity index (χ2n) is 8.72. The number of benzene rings is 3. The lowest BCUT2D eigenvalue weighted by molar-refractivity contribution is -0.137. The van der Waals surface area contributed by atoms with Gasteiger partial charge < -0.3 is 10.2 Å². The summed E-state index contributed by atoms with van der Waals surface area (Å²) in [5.74, 6) is -0.514. The molecule has 3 aromatic carbocycles. The molecule has 3 aromatic rings. The van der Waals surface area contributed by atoms with Crippen molar-refractivity contribution in [2.45, 2.75) is 33.0 Å². The first-order valence-corrected chi connectivity index (χ1v) is 11.3. The molecule has 8 heteroatoms. The molecule has 1 N–H and O–H groups in total. The predicted molar refractivity (Wildman–Crippen MR) is 130 cm³/mol. The van der Waals surface area contributed by atoms with E-state index in [0.717, 1.165) is 47.4 Å². The number of carbonyl (C=O) groups is 2. The van der Waals surface area contributed by atoms with Gasteiger partial charge >= 0.3 is 12.2 Å². The van der Waals surface area contributed by atoms with E-state index in [2.05, 4.69) is 23.5 Å². The van der Waals surface area contributed by atoms with Crippen molar-refractivity contribution in [3.05, 3.63) is 94.5 Å². The number of aryl methyl sites for hydroxylation is 2. The maximum Gasteiger partial charge on any atom is 0.416 e. The van der Waals surface area contributed by atoms with E-state index in [1.54, 1.807) is 29.2 Å². The smallest absolute Gasteiger partial charge is 0.322 e. The van der Waals surface area contributed by atoms with E-state index in [0.29, 0.717) is 31.0 Å². The summed E-state index contributed by atoms with van der Waals surface area (Å²) in [6.07, 6.45) is -3.62. The molecular weight excluding hydrogens is 455 g/mol. The number of hydrogen-bond acceptors (Lipinski definition) is 2. The molecule has 0 bridgehead atoms. The Morgan fingerprint density at radius 2 is 1.63 bits per heavy atom. The van der Waals surface area contributed by atoms with E-state index in [9.17, 15) is 22.8 Å².